The number of nitrogens with zero attached hydrogens (tertiary/aromatic N) is 1. The molecule has 0 aromatic heterocycles. The predicted molar refractivity (Wildman–Crippen MR) is 81.9 cm³/mol. The number of fused-ring (bicyclic) bond motifs is 1. The molecule has 1 aromatic rings. The largest absolute Gasteiger partial charge is 0.324 e. The Morgan fingerprint density at radius 1 is 1.15 bits per heavy atom. The zero-order valence-corrected chi connectivity index (χ0v) is 12.5. The van der Waals surface area contributed by atoms with E-state index in [0.29, 0.717) is 6.04 Å². The number of benzene rings is 1. The van der Waals surface area contributed by atoms with E-state index in [-0.39, 0.29) is 11.9 Å². The molecule has 20 heavy (non-hydrogen) atoms. The topological polar surface area (TPSA) is 32.3 Å². The van der Waals surface area contributed by atoms with Crippen LogP contribution >= 0.6 is 0 Å². The molecule has 0 aliphatic carbocycles. The molecule has 2 saturated heterocycles. The van der Waals surface area contributed by atoms with Gasteiger partial charge in [0.05, 0.1) is 6.04 Å². The summed E-state index contributed by atoms with van der Waals surface area (Å²) in [5, 5.41) is 3.18. The lowest BCUT2D eigenvalue weighted by atomic mass is 9.96. The number of carbonyl (C=O) groups is 1. The minimum atomic E-state index is 0.0789. The number of hydrogen-bond donors (Lipinski definition) is 1. The zero-order valence-electron chi connectivity index (χ0n) is 12.5. The normalized spacial score (nSPS) is 26.3. The molecule has 1 N–H and O–H groups in total. The summed E-state index contributed by atoms with van der Waals surface area (Å²) in [5.41, 5.74) is 3.29. The molecule has 0 saturated carbocycles. The maximum atomic E-state index is 12.7. The minimum absolute atomic E-state index is 0.0789. The molecule has 1 aromatic carbocycles. The van der Waals surface area contributed by atoms with Crippen LogP contribution in [0.15, 0.2) is 18.2 Å². The van der Waals surface area contributed by atoms with Crippen molar-refractivity contribution in [1.29, 1.82) is 0 Å². The van der Waals surface area contributed by atoms with Crippen molar-refractivity contribution in [3.63, 3.8) is 0 Å². The van der Waals surface area contributed by atoms with Gasteiger partial charge in [-0.05, 0) is 63.6 Å². The Morgan fingerprint density at radius 2 is 1.85 bits per heavy atom. The second-order valence-corrected chi connectivity index (χ2v) is 6.24. The van der Waals surface area contributed by atoms with Crippen molar-refractivity contribution in [2.24, 2.45) is 0 Å². The van der Waals surface area contributed by atoms with E-state index in [9.17, 15) is 4.79 Å². The Hall–Kier alpha value is -1.35. The average molecular weight is 272 g/mol. The summed E-state index contributed by atoms with van der Waals surface area (Å²) in [6.45, 7) is 5.21. The summed E-state index contributed by atoms with van der Waals surface area (Å²) >= 11 is 0. The third-order valence-corrected chi connectivity index (χ3v) is 4.87. The van der Waals surface area contributed by atoms with Crippen LogP contribution < -0.4 is 5.32 Å². The number of amides is 1. The molecular weight excluding hydrogens is 248 g/mol. The Morgan fingerprint density at radius 3 is 2.60 bits per heavy atom. The molecule has 2 fully saturated rings. The Kier molecular flexibility index (Phi) is 3.79. The third kappa shape index (κ3) is 2.47. The number of carbonyl (C=O) groups excluding carboxylic acids is 1. The molecule has 3 rings (SSSR count). The van der Waals surface area contributed by atoms with Crippen LogP contribution in [0.3, 0.4) is 0 Å². The van der Waals surface area contributed by atoms with Crippen molar-refractivity contribution in [2.45, 2.75) is 58.0 Å². The summed E-state index contributed by atoms with van der Waals surface area (Å²) in [7, 11) is 0. The standard InChI is InChI=1S/C17H24N2O/c1-12-6-3-7-13(2)16(12)18-17(20)15-10-4-8-14-9-5-11-19(14)15/h3,6-7,14-15H,4-5,8-11H2,1-2H3,(H,18,20)/t14-,15+/m1/s1. The lowest BCUT2D eigenvalue weighted by Crippen LogP contribution is -2.49. The first-order valence-corrected chi connectivity index (χ1v) is 7.79. The first-order valence-electron chi connectivity index (χ1n) is 7.79. The van der Waals surface area contributed by atoms with Gasteiger partial charge in [0.1, 0.15) is 0 Å². The Bertz CT molecular complexity index is 491. The van der Waals surface area contributed by atoms with Gasteiger partial charge in [0.25, 0.3) is 0 Å². The van der Waals surface area contributed by atoms with E-state index in [2.05, 4.69) is 36.2 Å². The van der Waals surface area contributed by atoms with Gasteiger partial charge in [-0.15, -0.1) is 0 Å². The predicted octanol–water partition coefficient (Wildman–Crippen LogP) is 3.26. The number of hydrogen-bond acceptors (Lipinski definition) is 2. The molecule has 2 aliphatic rings. The van der Waals surface area contributed by atoms with Crippen LogP contribution in [0.2, 0.25) is 0 Å². The molecule has 0 spiro atoms. The summed E-state index contributed by atoms with van der Waals surface area (Å²) in [6.07, 6.45) is 5.98. The van der Waals surface area contributed by atoms with E-state index in [1.165, 1.54) is 25.7 Å². The molecular formula is C17H24N2O. The maximum absolute atomic E-state index is 12.7. The molecule has 0 radical (unpaired) electrons. The molecule has 108 valence electrons. The van der Waals surface area contributed by atoms with Crippen LogP contribution in [0, 0.1) is 13.8 Å². The van der Waals surface area contributed by atoms with Crippen molar-refractivity contribution in [1.82, 2.24) is 4.90 Å². The van der Waals surface area contributed by atoms with Crippen LogP contribution in [-0.4, -0.2) is 29.4 Å². The van der Waals surface area contributed by atoms with Gasteiger partial charge in [0.15, 0.2) is 0 Å². The van der Waals surface area contributed by atoms with Crippen molar-refractivity contribution in [3.05, 3.63) is 29.3 Å². The Balaban J connectivity index is 1.76. The molecule has 2 aliphatic heterocycles. The highest BCUT2D eigenvalue weighted by Crippen LogP contribution is 2.32. The fourth-order valence-electron chi connectivity index (χ4n) is 3.79. The SMILES string of the molecule is Cc1cccc(C)c1NC(=O)[C@@H]1CCC[C@@H]2CCCN21. The molecule has 0 bridgehead atoms. The molecule has 1 amide bonds. The zero-order chi connectivity index (χ0) is 14.1. The third-order valence-electron chi connectivity index (χ3n) is 4.87. The van der Waals surface area contributed by atoms with Crippen molar-refractivity contribution in [2.75, 3.05) is 11.9 Å². The second-order valence-electron chi connectivity index (χ2n) is 6.24. The van der Waals surface area contributed by atoms with E-state index < -0.39 is 0 Å². The lowest BCUT2D eigenvalue weighted by Gasteiger charge is -2.36. The number of nitrogens with one attached hydrogen (secondary N) is 1. The van der Waals surface area contributed by atoms with Crippen LogP contribution in [0.25, 0.3) is 0 Å². The lowest BCUT2D eigenvalue weighted by molar-refractivity contribution is -0.123. The monoisotopic (exact) mass is 272 g/mol. The van der Waals surface area contributed by atoms with E-state index in [1.807, 2.05) is 6.07 Å². The number of rotatable bonds is 2. The molecule has 2 atom stereocenters. The number of para-hydroxylation sites is 1. The summed E-state index contributed by atoms with van der Waals surface area (Å²) in [4.78, 5) is 15.1. The van der Waals surface area contributed by atoms with Crippen LogP contribution in [0.1, 0.15) is 43.2 Å². The molecule has 3 nitrogen and oxygen atoms in total. The fourth-order valence-corrected chi connectivity index (χ4v) is 3.79. The summed E-state index contributed by atoms with van der Waals surface area (Å²) in [6, 6.07) is 6.88. The maximum Gasteiger partial charge on any atom is 0.241 e. The molecule has 3 heteroatoms. The van der Waals surface area contributed by atoms with Gasteiger partial charge >= 0.3 is 0 Å². The van der Waals surface area contributed by atoms with Gasteiger partial charge in [-0.3, -0.25) is 9.69 Å². The summed E-state index contributed by atoms with van der Waals surface area (Å²) in [5.74, 6) is 0.189. The van der Waals surface area contributed by atoms with Crippen molar-refractivity contribution >= 4 is 11.6 Å². The fraction of sp³-hybridized carbons (Fsp3) is 0.588. The second kappa shape index (κ2) is 5.57. The quantitative estimate of drug-likeness (QED) is 0.896. The van der Waals surface area contributed by atoms with Crippen LogP contribution in [0.5, 0.6) is 0 Å². The number of anilines is 1. The van der Waals surface area contributed by atoms with Gasteiger partial charge in [-0.2, -0.15) is 0 Å². The first-order chi connectivity index (χ1) is 9.66. The van der Waals surface area contributed by atoms with Crippen molar-refractivity contribution < 1.29 is 4.79 Å². The van der Waals surface area contributed by atoms with Gasteiger partial charge in [0.2, 0.25) is 5.91 Å². The highest BCUT2D eigenvalue weighted by molar-refractivity contribution is 5.96. The average Bonchev–Trinajstić information content (AvgIpc) is 2.91. The van der Waals surface area contributed by atoms with Gasteiger partial charge in [-0.25, -0.2) is 0 Å². The van der Waals surface area contributed by atoms with E-state index >= 15 is 0 Å². The highest BCUT2D eigenvalue weighted by atomic mass is 16.2. The smallest absolute Gasteiger partial charge is 0.241 e. The Labute approximate surface area is 121 Å². The van der Waals surface area contributed by atoms with E-state index in [0.717, 1.165) is 29.8 Å². The van der Waals surface area contributed by atoms with Gasteiger partial charge in [0, 0.05) is 11.7 Å². The highest BCUT2D eigenvalue weighted by Gasteiger charge is 2.37. The number of piperidine rings is 1. The molecule has 2 heterocycles. The van der Waals surface area contributed by atoms with E-state index in [1.54, 1.807) is 0 Å². The molecule has 0 unspecified atom stereocenters. The van der Waals surface area contributed by atoms with E-state index in [4.69, 9.17) is 0 Å². The van der Waals surface area contributed by atoms with Gasteiger partial charge in [-0.1, -0.05) is 18.2 Å². The van der Waals surface area contributed by atoms with Crippen LogP contribution in [0.4, 0.5) is 5.69 Å². The first kappa shape index (κ1) is 13.6. The minimum Gasteiger partial charge on any atom is -0.324 e. The van der Waals surface area contributed by atoms with Crippen molar-refractivity contribution in [3.8, 4) is 0 Å². The van der Waals surface area contributed by atoms with Crippen LogP contribution in [-0.2, 0) is 4.79 Å². The number of aryl methyl sites for hydroxylation is 2. The van der Waals surface area contributed by atoms with Gasteiger partial charge < -0.3 is 5.32 Å². The summed E-state index contributed by atoms with van der Waals surface area (Å²) < 4.78 is 0.